The molecule has 1 unspecified atom stereocenters. The maximum absolute atomic E-state index is 11.0. The summed E-state index contributed by atoms with van der Waals surface area (Å²) in [5.41, 5.74) is 0. The summed E-state index contributed by atoms with van der Waals surface area (Å²) in [4.78, 5) is 10.9. The van der Waals surface area contributed by atoms with Crippen LogP contribution in [-0.4, -0.2) is 58.8 Å². The molecule has 0 saturated heterocycles. The number of nitrogens with one attached hydrogen (secondary N) is 1. The molecule has 0 amide bonds. The van der Waals surface area contributed by atoms with Crippen LogP contribution in [0.3, 0.4) is 0 Å². The average Bonchev–Trinajstić information content (AvgIpc) is 2.14. The molecule has 0 radical (unpaired) electrons. The van der Waals surface area contributed by atoms with Gasteiger partial charge in [0, 0.05) is 18.8 Å². The Morgan fingerprint density at radius 3 is 2.59 bits per heavy atom. The minimum Gasteiger partial charge on any atom is -0.464 e. The van der Waals surface area contributed by atoms with Crippen molar-refractivity contribution in [2.45, 2.75) is 19.9 Å². The number of hydrogen-bond acceptors (Lipinski definition) is 6. The second-order valence-electron chi connectivity index (χ2n) is 3.81. The molecule has 0 fully saturated rings. The zero-order valence-corrected chi connectivity index (χ0v) is 11.4. The van der Waals surface area contributed by atoms with Gasteiger partial charge < -0.3 is 14.8 Å². The summed E-state index contributed by atoms with van der Waals surface area (Å²) in [7, 11) is -2.96. The first-order valence-corrected chi connectivity index (χ1v) is 7.55. The zero-order chi connectivity index (χ0) is 13.3. The van der Waals surface area contributed by atoms with Crippen molar-refractivity contribution in [3.63, 3.8) is 0 Å². The van der Waals surface area contributed by atoms with Gasteiger partial charge in [-0.25, -0.2) is 13.2 Å². The molecule has 0 heterocycles. The summed E-state index contributed by atoms with van der Waals surface area (Å²) in [5.74, 6) is -0.304. The summed E-state index contributed by atoms with van der Waals surface area (Å²) >= 11 is 0. The first-order valence-electron chi connectivity index (χ1n) is 5.49. The van der Waals surface area contributed by atoms with E-state index >= 15 is 0 Å². The Labute approximate surface area is 103 Å². The van der Waals surface area contributed by atoms with Crippen molar-refractivity contribution in [2.75, 3.05) is 38.4 Å². The molecular weight excluding hydrogens is 246 g/mol. The van der Waals surface area contributed by atoms with Gasteiger partial charge in [0.25, 0.3) is 0 Å². The monoisotopic (exact) mass is 267 g/mol. The molecule has 0 saturated carbocycles. The summed E-state index contributed by atoms with van der Waals surface area (Å²) in [6.07, 6.45) is 1.20. The van der Waals surface area contributed by atoms with Gasteiger partial charge in [-0.15, -0.1) is 0 Å². The number of rotatable bonds is 9. The van der Waals surface area contributed by atoms with Crippen LogP contribution >= 0.6 is 0 Å². The van der Waals surface area contributed by atoms with Crippen LogP contribution in [0.4, 0.5) is 0 Å². The summed E-state index contributed by atoms with van der Waals surface area (Å²) in [5, 5.41) is 2.99. The van der Waals surface area contributed by atoms with Crippen LogP contribution in [0.15, 0.2) is 0 Å². The molecule has 0 spiro atoms. The first-order chi connectivity index (χ1) is 7.85. The normalized spacial score (nSPS) is 13.4. The molecule has 17 heavy (non-hydrogen) atoms. The van der Waals surface area contributed by atoms with Gasteiger partial charge in [0.05, 0.1) is 19.0 Å². The van der Waals surface area contributed by atoms with E-state index in [0.29, 0.717) is 19.8 Å². The van der Waals surface area contributed by atoms with E-state index in [-0.39, 0.29) is 18.4 Å². The van der Waals surface area contributed by atoms with E-state index in [4.69, 9.17) is 4.74 Å². The average molecular weight is 267 g/mol. The molecule has 0 rings (SSSR count). The van der Waals surface area contributed by atoms with E-state index in [1.807, 2.05) is 0 Å². The molecule has 0 bridgehead atoms. The summed E-state index contributed by atoms with van der Waals surface area (Å²) in [6.45, 7) is 4.61. The smallest absolute Gasteiger partial charge is 0.332 e. The molecule has 0 aromatic rings. The number of carbonyl (C=O) groups excluding carboxylic acids is 1. The lowest BCUT2D eigenvalue weighted by molar-refractivity contribution is -0.148. The highest BCUT2D eigenvalue weighted by atomic mass is 32.2. The van der Waals surface area contributed by atoms with Crippen LogP contribution in [0.25, 0.3) is 0 Å². The lowest BCUT2D eigenvalue weighted by atomic mass is 10.4. The Kier molecular flexibility index (Phi) is 8.11. The molecular formula is C10H21NO5S. The molecule has 0 aliphatic heterocycles. The van der Waals surface area contributed by atoms with E-state index in [1.54, 1.807) is 13.8 Å². The van der Waals surface area contributed by atoms with Crippen LogP contribution in [0.5, 0.6) is 0 Å². The highest BCUT2D eigenvalue weighted by Gasteiger charge is 2.09. The Bertz CT molecular complexity index is 315. The van der Waals surface area contributed by atoms with Gasteiger partial charge in [-0.05, 0) is 13.8 Å². The fourth-order valence-corrected chi connectivity index (χ4v) is 2.27. The van der Waals surface area contributed by atoms with Crippen LogP contribution < -0.4 is 5.32 Å². The van der Waals surface area contributed by atoms with Crippen molar-refractivity contribution in [3.05, 3.63) is 0 Å². The van der Waals surface area contributed by atoms with Gasteiger partial charge in [0.1, 0.15) is 16.4 Å². The number of sulfone groups is 1. The zero-order valence-electron chi connectivity index (χ0n) is 10.6. The van der Waals surface area contributed by atoms with Crippen molar-refractivity contribution in [1.82, 2.24) is 5.32 Å². The van der Waals surface area contributed by atoms with E-state index in [9.17, 15) is 13.2 Å². The first kappa shape index (κ1) is 16.3. The standard InChI is InChI=1S/C10H21NO5S/c1-4-16-10(12)7-15-6-5-11-9(2)8-17(3,13)14/h9,11H,4-8H2,1-3H3. The van der Waals surface area contributed by atoms with Crippen molar-refractivity contribution in [2.24, 2.45) is 0 Å². The minimum atomic E-state index is -2.96. The Morgan fingerprint density at radius 2 is 2.06 bits per heavy atom. The Balaban J connectivity index is 3.49. The minimum absolute atomic E-state index is 0.0734. The lowest BCUT2D eigenvalue weighted by Gasteiger charge is -2.12. The van der Waals surface area contributed by atoms with Gasteiger partial charge >= 0.3 is 5.97 Å². The maximum Gasteiger partial charge on any atom is 0.332 e. The number of carbonyl (C=O) groups is 1. The second-order valence-corrected chi connectivity index (χ2v) is 5.99. The predicted molar refractivity (Wildman–Crippen MR) is 64.6 cm³/mol. The molecule has 1 atom stereocenters. The quantitative estimate of drug-likeness (QED) is 0.452. The molecule has 1 N–H and O–H groups in total. The highest BCUT2D eigenvalue weighted by Crippen LogP contribution is 1.89. The van der Waals surface area contributed by atoms with Gasteiger partial charge in [0.15, 0.2) is 0 Å². The predicted octanol–water partition coefficient (Wildman–Crippen LogP) is -0.411. The number of esters is 1. The van der Waals surface area contributed by atoms with Gasteiger partial charge in [-0.1, -0.05) is 0 Å². The Hall–Kier alpha value is -0.660. The molecule has 0 aromatic carbocycles. The molecule has 7 heteroatoms. The van der Waals surface area contributed by atoms with E-state index < -0.39 is 15.8 Å². The SMILES string of the molecule is CCOC(=O)COCCNC(C)CS(C)(=O)=O. The van der Waals surface area contributed by atoms with Crippen molar-refractivity contribution in [3.8, 4) is 0 Å². The van der Waals surface area contributed by atoms with Crippen molar-refractivity contribution < 1.29 is 22.7 Å². The van der Waals surface area contributed by atoms with Gasteiger partial charge in [-0.3, -0.25) is 0 Å². The number of hydrogen-bond donors (Lipinski definition) is 1. The maximum atomic E-state index is 11.0. The van der Waals surface area contributed by atoms with Crippen LogP contribution in [0, 0.1) is 0 Å². The number of ether oxygens (including phenoxy) is 2. The third-order valence-electron chi connectivity index (χ3n) is 1.82. The van der Waals surface area contributed by atoms with Crippen molar-refractivity contribution >= 4 is 15.8 Å². The van der Waals surface area contributed by atoms with E-state index in [0.717, 1.165) is 0 Å². The van der Waals surface area contributed by atoms with Crippen LogP contribution in [-0.2, 0) is 24.1 Å². The largest absolute Gasteiger partial charge is 0.464 e. The van der Waals surface area contributed by atoms with E-state index in [1.165, 1.54) is 6.26 Å². The molecule has 0 aliphatic carbocycles. The van der Waals surface area contributed by atoms with Crippen LogP contribution in [0.1, 0.15) is 13.8 Å². The Morgan fingerprint density at radius 1 is 1.41 bits per heavy atom. The fourth-order valence-electron chi connectivity index (χ4n) is 1.25. The van der Waals surface area contributed by atoms with Gasteiger partial charge in [0.2, 0.25) is 0 Å². The molecule has 102 valence electrons. The van der Waals surface area contributed by atoms with Crippen molar-refractivity contribution in [1.29, 1.82) is 0 Å². The van der Waals surface area contributed by atoms with E-state index in [2.05, 4.69) is 10.1 Å². The van der Waals surface area contributed by atoms with Crippen LogP contribution in [0.2, 0.25) is 0 Å². The lowest BCUT2D eigenvalue weighted by Crippen LogP contribution is -2.35. The highest BCUT2D eigenvalue weighted by molar-refractivity contribution is 7.90. The third kappa shape index (κ3) is 11.6. The third-order valence-corrected chi connectivity index (χ3v) is 2.92. The molecule has 0 aromatic heterocycles. The molecule has 6 nitrogen and oxygen atoms in total. The van der Waals surface area contributed by atoms with Gasteiger partial charge in [-0.2, -0.15) is 0 Å². The summed E-state index contributed by atoms with van der Waals surface area (Å²) < 4.78 is 31.6. The summed E-state index contributed by atoms with van der Waals surface area (Å²) in [6, 6.07) is -0.129. The second kappa shape index (κ2) is 8.43. The topological polar surface area (TPSA) is 81.7 Å². The fraction of sp³-hybridized carbons (Fsp3) is 0.900. The molecule has 0 aliphatic rings.